The van der Waals surface area contributed by atoms with Gasteiger partial charge in [-0.05, 0) is 18.6 Å². The number of nitrogens with zero attached hydrogens (tertiary/aromatic N) is 2. The number of hydrogen-bond acceptors (Lipinski definition) is 5. The van der Waals surface area contributed by atoms with Crippen molar-refractivity contribution in [3.8, 4) is 17.2 Å². The molecule has 6 heteroatoms. The van der Waals surface area contributed by atoms with Crippen molar-refractivity contribution in [3.05, 3.63) is 29.8 Å². The fourth-order valence-electron chi connectivity index (χ4n) is 2.12. The number of halogens is 1. The van der Waals surface area contributed by atoms with E-state index in [1.165, 1.54) is 13.2 Å². The molecule has 0 spiro atoms. The van der Waals surface area contributed by atoms with Crippen molar-refractivity contribution in [2.45, 2.75) is 12.3 Å². The Hall–Kier alpha value is -1.95. The molecule has 100 valence electrons. The van der Waals surface area contributed by atoms with Gasteiger partial charge in [-0.1, -0.05) is 11.2 Å². The summed E-state index contributed by atoms with van der Waals surface area (Å²) in [6, 6.07) is 4.56. The smallest absolute Gasteiger partial charge is 0.264 e. The van der Waals surface area contributed by atoms with Crippen molar-refractivity contribution in [1.82, 2.24) is 10.1 Å². The molecule has 1 aromatic carbocycles. The molecule has 2 heterocycles. The monoisotopic (exact) mass is 264 g/mol. The van der Waals surface area contributed by atoms with Crippen LogP contribution in [0.4, 0.5) is 4.39 Å². The molecule has 3 rings (SSSR count). The average molecular weight is 264 g/mol. The predicted octanol–water partition coefficient (Wildman–Crippen LogP) is 2.39. The highest BCUT2D eigenvalue weighted by atomic mass is 19.1. The molecule has 0 aliphatic carbocycles. The minimum absolute atomic E-state index is 0.121. The first-order valence-electron chi connectivity index (χ1n) is 6.04. The topological polar surface area (TPSA) is 57.4 Å². The Bertz CT molecular complexity index is 579. The SMILES string of the molecule is COc1cccc(F)c1-c1nc(C2CCOC2)no1. The average Bonchev–Trinajstić information content (AvgIpc) is 3.08. The lowest BCUT2D eigenvalue weighted by atomic mass is 10.1. The van der Waals surface area contributed by atoms with Crippen molar-refractivity contribution >= 4 is 0 Å². The summed E-state index contributed by atoms with van der Waals surface area (Å²) in [4.78, 5) is 4.25. The highest BCUT2D eigenvalue weighted by Gasteiger charge is 2.25. The molecule has 0 saturated carbocycles. The van der Waals surface area contributed by atoms with Gasteiger partial charge in [0.1, 0.15) is 17.1 Å². The molecular weight excluding hydrogens is 251 g/mol. The zero-order valence-electron chi connectivity index (χ0n) is 10.4. The van der Waals surface area contributed by atoms with Crippen LogP contribution in [0.15, 0.2) is 22.7 Å². The number of aromatic nitrogens is 2. The van der Waals surface area contributed by atoms with Crippen molar-refractivity contribution < 1.29 is 18.4 Å². The van der Waals surface area contributed by atoms with Crippen LogP contribution < -0.4 is 4.74 Å². The molecule has 0 bridgehead atoms. The van der Waals surface area contributed by atoms with E-state index >= 15 is 0 Å². The molecule has 0 N–H and O–H groups in total. The standard InChI is InChI=1S/C13H13FN2O3/c1-17-10-4-2-3-9(14)11(10)13-15-12(16-19-13)8-5-6-18-7-8/h2-4,8H,5-7H2,1H3. The van der Waals surface area contributed by atoms with E-state index in [1.54, 1.807) is 12.1 Å². The predicted molar refractivity (Wildman–Crippen MR) is 64.4 cm³/mol. The Morgan fingerprint density at radius 1 is 1.42 bits per heavy atom. The molecule has 1 fully saturated rings. The number of rotatable bonds is 3. The van der Waals surface area contributed by atoms with E-state index in [0.717, 1.165) is 6.42 Å². The summed E-state index contributed by atoms with van der Waals surface area (Å²) in [6.07, 6.45) is 0.855. The Morgan fingerprint density at radius 3 is 3.05 bits per heavy atom. The fraction of sp³-hybridized carbons (Fsp3) is 0.385. The third-order valence-electron chi connectivity index (χ3n) is 3.15. The summed E-state index contributed by atoms with van der Waals surface area (Å²) in [5.74, 6) is 0.736. The first-order valence-corrected chi connectivity index (χ1v) is 6.04. The zero-order chi connectivity index (χ0) is 13.2. The maximum absolute atomic E-state index is 13.9. The van der Waals surface area contributed by atoms with Gasteiger partial charge in [0.05, 0.1) is 13.7 Å². The van der Waals surface area contributed by atoms with Gasteiger partial charge in [0.25, 0.3) is 5.89 Å². The highest BCUT2D eigenvalue weighted by molar-refractivity contribution is 5.63. The summed E-state index contributed by atoms with van der Waals surface area (Å²) in [5.41, 5.74) is 0.197. The normalized spacial score (nSPS) is 18.7. The molecule has 19 heavy (non-hydrogen) atoms. The van der Waals surface area contributed by atoms with Crippen molar-refractivity contribution in [2.75, 3.05) is 20.3 Å². The second-order valence-corrected chi connectivity index (χ2v) is 4.34. The van der Waals surface area contributed by atoms with Gasteiger partial charge < -0.3 is 14.0 Å². The van der Waals surface area contributed by atoms with Gasteiger partial charge in [0, 0.05) is 12.5 Å². The Labute approximate surface area is 109 Å². The lowest BCUT2D eigenvalue weighted by Crippen LogP contribution is -2.00. The van der Waals surface area contributed by atoms with E-state index in [9.17, 15) is 4.39 Å². The van der Waals surface area contributed by atoms with Crippen LogP contribution in [0.3, 0.4) is 0 Å². The molecule has 0 amide bonds. The van der Waals surface area contributed by atoms with E-state index in [1.807, 2.05) is 0 Å². The lowest BCUT2D eigenvalue weighted by Gasteiger charge is -2.04. The first-order chi connectivity index (χ1) is 9.29. The first kappa shape index (κ1) is 12.1. The van der Waals surface area contributed by atoms with Crippen LogP contribution in [-0.4, -0.2) is 30.5 Å². The van der Waals surface area contributed by atoms with Crippen LogP contribution in [0.1, 0.15) is 18.2 Å². The molecule has 1 aliphatic rings. The largest absolute Gasteiger partial charge is 0.496 e. The van der Waals surface area contributed by atoms with Gasteiger partial charge in [0.15, 0.2) is 5.82 Å². The third kappa shape index (κ3) is 2.19. The van der Waals surface area contributed by atoms with Crippen LogP contribution in [0.25, 0.3) is 11.5 Å². The van der Waals surface area contributed by atoms with Crippen LogP contribution >= 0.6 is 0 Å². The summed E-state index contributed by atoms with van der Waals surface area (Å²) >= 11 is 0. The van der Waals surface area contributed by atoms with E-state index in [4.69, 9.17) is 14.0 Å². The minimum atomic E-state index is -0.447. The van der Waals surface area contributed by atoms with Gasteiger partial charge in [-0.3, -0.25) is 0 Å². The Kier molecular flexibility index (Phi) is 3.16. The van der Waals surface area contributed by atoms with Crippen LogP contribution in [0.2, 0.25) is 0 Å². The van der Waals surface area contributed by atoms with E-state index in [0.29, 0.717) is 24.8 Å². The second kappa shape index (κ2) is 4.97. The molecule has 5 nitrogen and oxygen atoms in total. The molecule has 1 aliphatic heterocycles. The summed E-state index contributed by atoms with van der Waals surface area (Å²) in [5, 5.41) is 3.90. The number of methoxy groups -OCH3 is 1. The zero-order valence-corrected chi connectivity index (χ0v) is 10.4. The molecular formula is C13H13FN2O3. The quantitative estimate of drug-likeness (QED) is 0.852. The van der Waals surface area contributed by atoms with E-state index < -0.39 is 5.82 Å². The van der Waals surface area contributed by atoms with Gasteiger partial charge >= 0.3 is 0 Å². The van der Waals surface area contributed by atoms with Gasteiger partial charge in [-0.2, -0.15) is 4.98 Å². The van der Waals surface area contributed by atoms with Crippen LogP contribution in [0, 0.1) is 5.82 Å². The molecule has 1 atom stereocenters. The maximum atomic E-state index is 13.9. The minimum Gasteiger partial charge on any atom is -0.496 e. The number of ether oxygens (including phenoxy) is 2. The number of hydrogen-bond donors (Lipinski definition) is 0. The molecule has 1 aromatic heterocycles. The molecule has 1 unspecified atom stereocenters. The van der Waals surface area contributed by atoms with Crippen LogP contribution in [-0.2, 0) is 4.74 Å². The van der Waals surface area contributed by atoms with Gasteiger partial charge in [-0.15, -0.1) is 0 Å². The second-order valence-electron chi connectivity index (χ2n) is 4.34. The van der Waals surface area contributed by atoms with Crippen molar-refractivity contribution in [3.63, 3.8) is 0 Å². The van der Waals surface area contributed by atoms with E-state index in [2.05, 4.69) is 10.1 Å². The molecule has 1 saturated heterocycles. The Balaban J connectivity index is 1.98. The van der Waals surface area contributed by atoms with Gasteiger partial charge in [-0.25, -0.2) is 4.39 Å². The molecule has 0 radical (unpaired) electrons. The number of benzene rings is 1. The van der Waals surface area contributed by atoms with Crippen molar-refractivity contribution in [1.29, 1.82) is 0 Å². The maximum Gasteiger partial charge on any atom is 0.264 e. The lowest BCUT2D eigenvalue weighted by molar-refractivity contribution is 0.192. The Morgan fingerprint density at radius 2 is 2.32 bits per heavy atom. The van der Waals surface area contributed by atoms with E-state index in [-0.39, 0.29) is 17.4 Å². The third-order valence-corrected chi connectivity index (χ3v) is 3.15. The highest BCUT2D eigenvalue weighted by Crippen LogP contribution is 2.32. The van der Waals surface area contributed by atoms with Crippen molar-refractivity contribution in [2.24, 2.45) is 0 Å². The summed E-state index contributed by atoms with van der Waals surface area (Å²) in [7, 11) is 1.47. The summed E-state index contributed by atoms with van der Waals surface area (Å²) < 4.78 is 29.4. The summed E-state index contributed by atoms with van der Waals surface area (Å²) in [6.45, 7) is 1.27. The fourth-order valence-corrected chi connectivity index (χ4v) is 2.12. The van der Waals surface area contributed by atoms with Gasteiger partial charge in [0.2, 0.25) is 0 Å². The van der Waals surface area contributed by atoms with Crippen LogP contribution in [0.5, 0.6) is 5.75 Å². The molecule has 2 aromatic rings.